The molecule has 0 aliphatic carbocycles. The molecule has 0 atom stereocenters. The molecule has 0 amide bonds. The second kappa shape index (κ2) is 9.75. The smallest absolute Gasteiger partial charge is 0.274 e. The number of hydrogen-bond donors (Lipinski definition) is 0. The first-order valence-electron chi connectivity index (χ1n) is 10.7. The molecule has 3 aromatic carbocycles. The van der Waals surface area contributed by atoms with Crippen molar-refractivity contribution in [2.24, 2.45) is 0 Å². The SMILES string of the molecule is COc1cc(C=c2sc3nc4ccccc4n3c2=O)cc(Cl)c1OCCCOc1ccccc1. The summed E-state index contributed by atoms with van der Waals surface area (Å²) in [5.74, 6) is 1.79. The van der Waals surface area contributed by atoms with E-state index in [1.54, 1.807) is 23.7 Å². The molecular weight excluding hydrogens is 472 g/mol. The number of aromatic nitrogens is 2. The number of benzene rings is 3. The van der Waals surface area contributed by atoms with Gasteiger partial charge >= 0.3 is 0 Å². The quantitative estimate of drug-likeness (QED) is 0.286. The van der Waals surface area contributed by atoms with Crippen molar-refractivity contribution in [3.8, 4) is 17.2 Å². The lowest BCUT2D eigenvalue weighted by Crippen LogP contribution is -2.22. The summed E-state index contributed by atoms with van der Waals surface area (Å²) in [6.45, 7) is 0.947. The van der Waals surface area contributed by atoms with Crippen LogP contribution in [0.2, 0.25) is 5.02 Å². The molecule has 34 heavy (non-hydrogen) atoms. The first-order chi connectivity index (χ1) is 16.6. The van der Waals surface area contributed by atoms with E-state index in [1.165, 1.54) is 11.3 Å². The van der Waals surface area contributed by atoms with Gasteiger partial charge in [0.2, 0.25) is 0 Å². The predicted octanol–water partition coefficient (Wildman–Crippen LogP) is 4.97. The van der Waals surface area contributed by atoms with Crippen molar-refractivity contribution in [2.45, 2.75) is 6.42 Å². The highest BCUT2D eigenvalue weighted by Gasteiger charge is 2.14. The van der Waals surface area contributed by atoms with E-state index in [0.717, 1.165) is 22.3 Å². The zero-order valence-corrected chi connectivity index (χ0v) is 19.9. The zero-order valence-electron chi connectivity index (χ0n) is 18.4. The van der Waals surface area contributed by atoms with E-state index >= 15 is 0 Å². The third-order valence-corrected chi connectivity index (χ3v) is 6.49. The second-order valence-corrected chi connectivity index (χ2v) is 8.95. The third kappa shape index (κ3) is 4.44. The number of hydrogen-bond acceptors (Lipinski definition) is 6. The van der Waals surface area contributed by atoms with Crippen molar-refractivity contribution in [1.82, 2.24) is 9.38 Å². The molecule has 0 saturated carbocycles. The Hall–Kier alpha value is -3.55. The summed E-state index contributed by atoms with van der Waals surface area (Å²) in [5.41, 5.74) is 2.24. The fraction of sp³-hybridized carbons (Fsp3) is 0.154. The maximum absolute atomic E-state index is 13.0. The number of thiazole rings is 1. The maximum Gasteiger partial charge on any atom is 0.274 e. The first-order valence-corrected chi connectivity index (χ1v) is 11.9. The van der Waals surface area contributed by atoms with E-state index in [1.807, 2.05) is 60.7 Å². The number of rotatable bonds is 8. The van der Waals surface area contributed by atoms with E-state index < -0.39 is 0 Å². The molecule has 0 saturated heterocycles. The second-order valence-electron chi connectivity index (χ2n) is 7.53. The van der Waals surface area contributed by atoms with Gasteiger partial charge in [-0.25, -0.2) is 9.38 Å². The Labute approximate surface area is 204 Å². The van der Waals surface area contributed by atoms with Crippen molar-refractivity contribution in [3.63, 3.8) is 0 Å². The molecule has 5 rings (SSSR count). The summed E-state index contributed by atoms with van der Waals surface area (Å²) < 4.78 is 19.3. The zero-order chi connectivity index (χ0) is 23.5. The topological polar surface area (TPSA) is 62.1 Å². The maximum atomic E-state index is 13.0. The molecule has 0 aliphatic heterocycles. The summed E-state index contributed by atoms with van der Waals surface area (Å²) >= 11 is 7.86. The number of para-hydroxylation sites is 3. The largest absolute Gasteiger partial charge is 0.493 e. The lowest BCUT2D eigenvalue weighted by Gasteiger charge is -2.13. The van der Waals surface area contributed by atoms with Gasteiger partial charge in [-0.15, -0.1) is 0 Å². The first kappa shape index (κ1) is 22.3. The Morgan fingerprint density at radius 3 is 2.62 bits per heavy atom. The van der Waals surface area contributed by atoms with E-state index in [0.29, 0.717) is 45.6 Å². The molecule has 0 radical (unpaired) electrons. The van der Waals surface area contributed by atoms with Crippen molar-refractivity contribution in [3.05, 3.63) is 92.2 Å². The molecule has 172 valence electrons. The van der Waals surface area contributed by atoms with Crippen molar-refractivity contribution in [2.75, 3.05) is 20.3 Å². The highest BCUT2D eigenvalue weighted by atomic mass is 35.5. The molecule has 0 spiro atoms. The van der Waals surface area contributed by atoms with Crippen molar-refractivity contribution >= 4 is 45.0 Å². The van der Waals surface area contributed by atoms with E-state index in [2.05, 4.69) is 4.98 Å². The molecule has 0 fully saturated rings. The highest BCUT2D eigenvalue weighted by molar-refractivity contribution is 7.15. The van der Waals surface area contributed by atoms with Crippen LogP contribution in [0.3, 0.4) is 0 Å². The number of halogens is 1. The fourth-order valence-electron chi connectivity index (χ4n) is 3.67. The third-order valence-electron chi connectivity index (χ3n) is 5.24. The predicted molar refractivity (Wildman–Crippen MR) is 136 cm³/mol. The lowest BCUT2D eigenvalue weighted by molar-refractivity contribution is 0.240. The van der Waals surface area contributed by atoms with Gasteiger partial charge in [-0.05, 0) is 48.0 Å². The minimum absolute atomic E-state index is 0.109. The molecule has 2 aromatic heterocycles. The van der Waals surface area contributed by atoms with Crippen LogP contribution in [0.4, 0.5) is 0 Å². The molecular formula is C26H21ClN2O4S. The van der Waals surface area contributed by atoms with Crippen LogP contribution in [0.1, 0.15) is 12.0 Å². The van der Waals surface area contributed by atoms with Crippen LogP contribution >= 0.6 is 22.9 Å². The molecule has 0 unspecified atom stereocenters. The van der Waals surface area contributed by atoms with Crippen LogP contribution in [0, 0.1) is 0 Å². The van der Waals surface area contributed by atoms with Crippen LogP contribution in [0.25, 0.3) is 22.1 Å². The van der Waals surface area contributed by atoms with E-state index in [-0.39, 0.29) is 5.56 Å². The van der Waals surface area contributed by atoms with Crippen molar-refractivity contribution in [1.29, 1.82) is 0 Å². The van der Waals surface area contributed by atoms with Gasteiger partial charge in [0.15, 0.2) is 16.5 Å². The van der Waals surface area contributed by atoms with Gasteiger partial charge in [0.1, 0.15) is 5.75 Å². The number of fused-ring (bicyclic) bond motifs is 3. The fourth-order valence-corrected chi connectivity index (χ4v) is 4.93. The average molecular weight is 493 g/mol. The van der Waals surface area contributed by atoms with Crippen LogP contribution in [-0.2, 0) is 0 Å². The van der Waals surface area contributed by atoms with Gasteiger partial charge in [-0.2, -0.15) is 0 Å². The van der Waals surface area contributed by atoms with Crippen molar-refractivity contribution < 1.29 is 14.2 Å². The van der Waals surface area contributed by atoms with Gasteiger partial charge in [-0.3, -0.25) is 4.79 Å². The molecule has 6 nitrogen and oxygen atoms in total. The van der Waals surface area contributed by atoms with Gasteiger partial charge in [-0.1, -0.05) is 53.3 Å². The van der Waals surface area contributed by atoms with Gasteiger partial charge in [0.05, 0.1) is 40.9 Å². The number of nitrogens with zero attached hydrogens (tertiary/aromatic N) is 2. The average Bonchev–Trinajstić information content (AvgIpc) is 3.36. The molecule has 2 heterocycles. The molecule has 0 N–H and O–H groups in total. The number of imidazole rings is 1. The van der Waals surface area contributed by atoms with Crippen LogP contribution in [-0.4, -0.2) is 29.7 Å². The summed E-state index contributed by atoms with van der Waals surface area (Å²) in [6, 6.07) is 20.8. The summed E-state index contributed by atoms with van der Waals surface area (Å²) in [5, 5.41) is 0.411. The minimum Gasteiger partial charge on any atom is -0.493 e. The van der Waals surface area contributed by atoms with Gasteiger partial charge < -0.3 is 14.2 Å². The highest BCUT2D eigenvalue weighted by Crippen LogP contribution is 2.36. The normalized spacial score (nSPS) is 11.9. The van der Waals surface area contributed by atoms with Gasteiger partial charge in [0, 0.05) is 6.42 Å². The van der Waals surface area contributed by atoms with E-state index in [9.17, 15) is 4.79 Å². The summed E-state index contributed by atoms with van der Waals surface area (Å²) in [6.07, 6.45) is 2.48. The Morgan fingerprint density at radius 2 is 1.79 bits per heavy atom. The molecule has 5 aromatic rings. The summed E-state index contributed by atoms with van der Waals surface area (Å²) in [7, 11) is 1.56. The molecule has 0 aliphatic rings. The Kier molecular flexibility index (Phi) is 6.38. The molecule has 0 bridgehead atoms. The number of methoxy groups -OCH3 is 1. The Morgan fingerprint density at radius 1 is 1.03 bits per heavy atom. The number of ether oxygens (including phenoxy) is 3. The van der Waals surface area contributed by atoms with Gasteiger partial charge in [0.25, 0.3) is 5.56 Å². The van der Waals surface area contributed by atoms with Crippen LogP contribution in [0.5, 0.6) is 17.2 Å². The standard InChI is InChI=1S/C26H21ClN2O4S/c1-31-22-15-17(14-19(27)24(22)33-13-7-12-32-18-8-3-2-4-9-18)16-23-25(30)29-21-11-6-5-10-20(21)28-26(29)34-23/h2-6,8-11,14-16H,7,12-13H2,1H3. The van der Waals surface area contributed by atoms with Crippen LogP contribution in [0.15, 0.2) is 71.5 Å². The minimum atomic E-state index is -0.109. The van der Waals surface area contributed by atoms with Crippen LogP contribution < -0.4 is 24.3 Å². The Bertz CT molecular complexity index is 1560. The monoisotopic (exact) mass is 492 g/mol. The Balaban J connectivity index is 1.34. The lowest BCUT2D eigenvalue weighted by atomic mass is 10.2. The molecule has 8 heteroatoms. The van der Waals surface area contributed by atoms with E-state index in [4.69, 9.17) is 25.8 Å². The summed E-state index contributed by atoms with van der Waals surface area (Å²) in [4.78, 5) is 18.2.